The van der Waals surface area contributed by atoms with Gasteiger partial charge in [-0.05, 0) is 11.5 Å². The van der Waals surface area contributed by atoms with E-state index in [1.807, 2.05) is 24.3 Å². The van der Waals surface area contributed by atoms with Crippen molar-refractivity contribution in [2.45, 2.75) is 0 Å². The molecule has 1 amide bonds. The highest BCUT2D eigenvalue weighted by Crippen LogP contribution is 2.29. The van der Waals surface area contributed by atoms with E-state index in [0.717, 1.165) is 23.9 Å². The lowest BCUT2D eigenvalue weighted by Crippen LogP contribution is -2.14. The minimum absolute atomic E-state index is 0.0217. The average molecular weight is 354 g/mol. The number of benzene rings is 2. The summed E-state index contributed by atoms with van der Waals surface area (Å²) in [6, 6.07) is 10.2. The van der Waals surface area contributed by atoms with Crippen LogP contribution in [-0.4, -0.2) is 28.0 Å². The number of rotatable bonds is 3. The first-order valence-electron chi connectivity index (χ1n) is 7.64. The number of imidazole rings is 1. The average Bonchev–Trinajstić information content (AvgIpc) is 3.04. The standard InChI is InChI=1S/C18H12F2N4O2/c1-26-16-11(19)7-12-15(14(16)20)23-18(22-12)24-17(25)13-6-9-4-2-3-5-10(9)8-21-13/h2-8H,1H3,(H2,22,23,24,25). The summed E-state index contributed by atoms with van der Waals surface area (Å²) in [7, 11) is 1.16. The minimum Gasteiger partial charge on any atom is -0.491 e. The van der Waals surface area contributed by atoms with Gasteiger partial charge in [0.2, 0.25) is 5.95 Å². The number of hydrogen-bond donors (Lipinski definition) is 2. The molecule has 130 valence electrons. The van der Waals surface area contributed by atoms with Crippen LogP contribution in [0.15, 0.2) is 42.6 Å². The SMILES string of the molecule is COc1c(F)cc2[nH]c(NC(=O)c3cc4ccccc4cn3)nc2c1F. The van der Waals surface area contributed by atoms with E-state index in [0.29, 0.717) is 0 Å². The molecule has 0 aliphatic heterocycles. The number of H-pyrrole nitrogens is 1. The van der Waals surface area contributed by atoms with Crippen molar-refractivity contribution in [2.75, 3.05) is 12.4 Å². The number of ether oxygens (including phenoxy) is 1. The number of carbonyl (C=O) groups is 1. The molecule has 0 aliphatic carbocycles. The molecule has 8 heteroatoms. The zero-order valence-corrected chi connectivity index (χ0v) is 13.5. The number of pyridine rings is 1. The quantitative estimate of drug-likeness (QED) is 0.589. The fourth-order valence-corrected chi connectivity index (χ4v) is 2.69. The van der Waals surface area contributed by atoms with Crippen molar-refractivity contribution in [3.05, 3.63) is 59.9 Å². The second kappa shape index (κ2) is 6.07. The fourth-order valence-electron chi connectivity index (χ4n) is 2.69. The predicted octanol–water partition coefficient (Wildman–Crippen LogP) is 3.65. The van der Waals surface area contributed by atoms with Crippen LogP contribution in [0.2, 0.25) is 0 Å². The topological polar surface area (TPSA) is 79.9 Å². The Hall–Kier alpha value is -3.55. The van der Waals surface area contributed by atoms with Gasteiger partial charge < -0.3 is 9.72 Å². The highest BCUT2D eigenvalue weighted by atomic mass is 19.1. The minimum atomic E-state index is -0.942. The van der Waals surface area contributed by atoms with E-state index in [9.17, 15) is 13.6 Å². The summed E-state index contributed by atoms with van der Waals surface area (Å²) in [5, 5.41) is 4.26. The van der Waals surface area contributed by atoms with Gasteiger partial charge in [-0.15, -0.1) is 0 Å². The molecule has 0 unspecified atom stereocenters. The van der Waals surface area contributed by atoms with Crippen LogP contribution in [0.4, 0.5) is 14.7 Å². The van der Waals surface area contributed by atoms with Crippen molar-refractivity contribution in [1.82, 2.24) is 15.0 Å². The van der Waals surface area contributed by atoms with Crippen molar-refractivity contribution in [3.8, 4) is 5.75 Å². The Morgan fingerprint density at radius 3 is 2.73 bits per heavy atom. The lowest BCUT2D eigenvalue weighted by Gasteiger charge is -2.03. The van der Waals surface area contributed by atoms with Crippen LogP contribution >= 0.6 is 0 Å². The monoisotopic (exact) mass is 354 g/mol. The van der Waals surface area contributed by atoms with Gasteiger partial charge in [-0.25, -0.2) is 13.8 Å². The molecule has 2 aromatic carbocycles. The van der Waals surface area contributed by atoms with Gasteiger partial charge in [0.25, 0.3) is 5.91 Å². The van der Waals surface area contributed by atoms with E-state index in [2.05, 4.69) is 25.0 Å². The molecule has 0 aliphatic rings. The number of methoxy groups -OCH3 is 1. The number of nitrogens with zero attached hydrogens (tertiary/aromatic N) is 2. The smallest absolute Gasteiger partial charge is 0.276 e. The predicted molar refractivity (Wildman–Crippen MR) is 92.3 cm³/mol. The fraction of sp³-hybridized carbons (Fsp3) is 0.0556. The maximum atomic E-state index is 14.2. The van der Waals surface area contributed by atoms with E-state index in [1.54, 1.807) is 12.3 Å². The number of hydrogen-bond acceptors (Lipinski definition) is 4. The highest BCUT2D eigenvalue weighted by Gasteiger charge is 2.19. The number of aromatic amines is 1. The van der Waals surface area contributed by atoms with Gasteiger partial charge in [-0.2, -0.15) is 0 Å². The summed E-state index contributed by atoms with van der Waals surface area (Å²) in [5.41, 5.74) is 0.140. The molecular formula is C18H12F2N4O2. The molecule has 2 aromatic heterocycles. The zero-order valence-electron chi connectivity index (χ0n) is 13.5. The third kappa shape index (κ3) is 2.61. The molecule has 0 fully saturated rings. The number of anilines is 1. The zero-order chi connectivity index (χ0) is 18.3. The highest BCUT2D eigenvalue weighted by molar-refractivity contribution is 6.04. The maximum Gasteiger partial charge on any atom is 0.276 e. The van der Waals surface area contributed by atoms with Crippen molar-refractivity contribution < 1.29 is 18.3 Å². The van der Waals surface area contributed by atoms with Crippen LogP contribution in [0.3, 0.4) is 0 Å². The lowest BCUT2D eigenvalue weighted by molar-refractivity contribution is 0.102. The van der Waals surface area contributed by atoms with Gasteiger partial charge in [0.1, 0.15) is 11.2 Å². The number of fused-ring (bicyclic) bond motifs is 2. The first kappa shape index (κ1) is 15.9. The summed E-state index contributed by atoms with van der Waals surface area (Å²) in [6.45, 7) is 0. The molecule has 0 spiro atoms. The Balaban J connectivity index is 1.67. The van der Waals surface area contributed by atoms with Gasteiger partial charge in [-0.3, -0.25) is 15.1 Å². The first-order chi connectivity index (χ1) is 12.6. The Morgan fingerprint density at radius 1 is 1.19 bits per heavy atom. The molecule has 4 aromatic rings. The summed E-state index contributed by atoms with van der Waals surface area (Å²) in [4.78, 5) is 23.1. The molecule has 6 nitrogen and oxygen atoms in total. The molecule has 0 atom stereocenters. The summed E-state index contributed by atoms with van der Waals surface area (Å²) in [5.74, 6) is -2.88. The van der Waals surface area contributed by atoms with Gasteiger partial charge in [0.05, 0.1) is 12.6 Å². The third-order valence-electron chi connectivity index (χ3n) is 3.93. The Kier molecular flexibility index (Phi) is 3.72. The van der Waals surface area contributed by atoms with E-state index < -0.39 is 23.3 Å². The molecular weight excluding hydrogens is 342 g/mol. The Morgan fingerprint density at radius 2 is 1.96 bits per heavy atom. The van der Waals surface area contributed by atoms with Crippen molar-refractivity contribution in [3.63, 3.8) is 0 Å². The Labute approximate surface area is 145 Å². The molecule has 0 bridgehead atoms. The van der Waals surface area contributed by atoms with Crippen LogP contribution in [-0.2, 0) is 0 Å². The van der Waals surface area contributed by atoms with Crippen molar-refractivity contribution in [2.24, 2.45) is 0 Å². The van der Waals surface area contributed by atoms with Crippen molar-refractivity contribution >= 4 is 33.7 Å². The molecule has 0 saturated heterocycles. The van der Waals surface area contributed by atoms with Crippen LogP contribution in [0.25, 0.3) is 21.8 Å². The lowest BCUT2D eigenvalue weighted by atomic mass is 10.1. The second-order valence-corrected chi connectivity index (χ2v) is 5.56. The van der Waals surface area contributed by atoms with Crippen LogP contribution in [0, 0.1) is 11.6 Å². The molecule has 2 heterocycles. The number of carbonyl (C=O) groups excluding carboxylic acids is 1. The van der Waals surface area contributed by atoms with Gasteiger partial charge in [-0.1, -0.05) is 24.3 Å². The van der Waals surface area contributed by atoms with E-state index >= 15 is 0 Å². The molecule has 0 saturated carbocycles. The molecule has 0 radical (unpaired) electrons. The van der Waals surface area contributed by atoms with Crippen LogP contribution < -0.4 is 10.1 Å². The van der Waals surface area contributed by atoms with Gasteiger partial charge in [0, 0.05) is 17.6 Å². The Bertz CT molecular complexity index is 1160. The first-order valence-corrected chi connectivity index (χ1v) is 7.64. The number of amides is 1. The summed E-state index contributed by atoms with van der Waals surface area (Å²) < 4.78 is 32.6. The summed E-state index contributed by atoms with van der Waals surface area (Å²) >= 11 is 0. The molecule has 4 rings (SSSR count). The van der Waals surface area contributed by atoms with Crippen LogP contribution in [0.1, 0.15) is 10.5 Å². The van der Waals surface area contributed by atoms with E-state index in [4.69, 9.17) is 0 Å². The second-order valence-electron chi connectivity index (χ2n) is 5.56. The van der Waals surface area contributed by atoms with Gasteiger partial charge >= 0.3 is 0 Å². The van der Waals surface area contributed by atoms with Crippen LogP contribution in [0.5, 0.6) is 5.75 Å². The normalized spacial score (nSPS) is 11.0. The van der Waals surface area contributed by atoms with E-state index in [-0.39, 0.29) is 22.7 Å². The summed E-state index contributed by atoms with van der Waals surface area (Å²) in [6.07, 6.45) is 1.59. The van der Waals surface area contributed by atoms with Gasteiger partial charge in [0.15, 0.2) is 17.4 Å². The largest absolute Gasteiger partial charge is 0.491 e. The number of aromatic nitrogens is 3. The number of halogens is 2. The molecule has 26 heavy (non-hydrogen) atoms. The van der Waals surface area contributed by atoms with Crippen molar-refractivity contribution in [1.29, 1.82) is 0 Å². The number of nitrogens with one attached hydrogen (secondary N) is 2. The third-order valence-corrected chi connectivity index (χ3v) is 3.93. The molecule has 2 N–H and O–H groups in total. The van der Waals surface area contributed by atoms with E-state index in [1.165, 1.54) is 0 Å². The maximum absolute atomic E-state index is 14.2.